The molecule has 5 heteroatoms. The Morgan fingerprint density at radius 2 is 1.84 bits per heavy atom. The van der Waals surface area contributed by atoms with Gasteiger partial charge < -0.3 is 9.73 Å². The van der Waals surface area contributed by atoms with Crippen LogP contribution in [0.5, 0.6) is 0 Å². The summed E-state index contributed by atoms with van der Waals surface area (Å²) in [5.74, 6) is 0.719. The first-order chi connectivity index (χ1) is 12.2. The molecule has 1 amide bonds. The van der Waals surface area contributed by atoms with Gasteiger partial charge in [0.15, 0.2) is 5.76 Å². The highest BCUT2D eigenvalue weighted by molar-refractivity contribution is 6.00. The Bertz CT molecular complexity index is 915. The van der Waals surface area contributed by atoms with Crippen molar-refractivity contribution in [1.29, 1.82) is 0 Å². The van der Waals surface area contributed by atoms with Gasteiger partial charge in [-0.2, -0.15) is 0 Å². The Kier molecular flexibility index (Phi) is 4.06. The standard InChI is InChI=1S/C20H17FN2O2/c21-17-8-4-3-7-16(17)18-12-23-20(25-18)15-6-2-1-5-14(15)19(24)22-11-13-9-10-13/h1-8,12-13H,9-11H2,(H,22,24). The lowest BCUT2D eigenvalue weighted by Gasteiger charge is -2.07. The Morgan fingerprint density at radius 1 is 1.12 bits per heavy atom. The lowest BCUT2D eigenvalue weighted by atomic mass is 10.1. The topological polar surface area (TPSA) is 55.1 Å². The summed E-state index contributed by atoms with van der Waals surface area (Å²) in [5, 5.41) is 2.95. The minimum absolute atomic E-state index is 0.145. The van der Waals surface area contributed by atoms with Gasteiger partial charge in [-0.15, -0.1) is 0 Å². The highest BCUT2D eigenvalue weighted by Crippen LogP contribution is 2.30. The number of oxazole rings is 1. The van der Waals surface area contributed by atoms with Gasteiger partial charge in [0.1, 0.15) is 5.82 Å². The van der Waals surface area contributed by atoms with Crippen LogP contribution in [0.2, 0.25) is 0 Å². The molecule has 0 atom stereocenters. The molecule has 3 aromatic rings. The van der Waals surface area contributed by atoms with Crippen molar-refractivity contribution in [3.05, 3.63) is 66.1 Å². The van der Waals surface area contributed by atoms with E-state index in [2.05, 4.69) is 10.3 Å². The molecule has 4 rings (SSSR count). The molecular formula is C20H17FN2O2. The van der Waals surface area contributed by atoms with Crippen molar-refractivity contribution in [3.63, 3.8) is 0 Å². The SMILES string of the molecule is O=C(NCC1CC1)c1ccccc1-c1ncc(-c2ccccc2F)o1. The van der Waals surface area contributed by atoms with E-state index in [9.17, 15) is 9.18 Å². The fourth-order valence-corrected chi connectivity index (χ4v) is 2.71. The Labute approximate surface area is 144 Å². The van der Waals surface area contributed by atoms with E-state index in [0.29, 0.717) is 40.8 Å². The molecular weight excluding hydrogens is 319 g/mol. The molecule has 1 aliphatic rings. The quantitative estimate of drug-likeness (QED) is 0.756. The Morgan fingerprint density at radius 3 is 2.60 bits per heavy atom. The first-order valence-electron chi connectivity index (χ1n) is 8.30. The van der Waals surface area contributed by atoms with Crippen molar-refractivity contribution in [1.82, 2.24) is 10.3 Å². The lowest BCUT2D eigenvalue weighted by molar-refractivity contribution is 0.0952. The van der Waals surface area contributed by atoms with Crippen LogP contribution in [0.3, 0.4) is 0 Å². The second-order valence-electron chi connectivity index (χ2n) is 6.21. The van der Waals surface area contributed by atoms with E-state index >= 15 is 0 Å². The van der Waals surface area contributed by atoms with Gasteiger partial charge in [-0.1, -0.05) is 24.3 Å². The zero-order chi connectivity index (χ0) is 17.2. The number of carbonyl (C=O) groups excluding carboxylic acids is 1. The molecule has 0 bridgehead atoms. The third-order valence-electron chi connectivity index (χ3n) is 4.30. The van der Waals surface area contributed by atoms with E-state index in [4.69, 9.17) is 4.42 Å². The molecule has 2 aromatic carbocycles. The van der Waals surface area contributed by atoms with Crippen molar-refractivity contribution in [2.24, 2.45) is 5.92 Å². The zero-order valence-corrected chi connectivity index (χ0v) is 13.5. The lowest BCUT2D eigenvalue weighted by Crippen LogP contribution is -2.26. The number of nitrogens with zero attached hydrogens (tertiary/aromatic N) is 1. The summed E-state index contributed by atoms with van der Waals surface area (Å²) < 4.78 is 19.7. The molecule has 0 unspecified atom stereocenters. The Balaban J connectivity index is 1.64. The number of hydrogen-bond donors (Lipinski definition) is 1. The molecule has 25 heavy (non-hydrogen) atoms. The third-order valence-corrected chi connectivity index (χ3v) is 4.30. The molecule has 1 aliphatic carbocycles. The number of rotatable bonds is 5. The third kappa shape index (κ3) is 3.31. The first-order valence-corrected chi connectivity index (χ1v) is 8.30. The van der Waals surface area contributed by atoms with Crippen molar-refractivity contribution in [2.45, 2.75) is 12.8 Å². The van der Waals surface area contributed by atoms with Crippen LogP contribution in [0.1, 0.15) is 23.2 Å². The van der Waals surface area contributed by atoms with E-state index < -0.39 is 0 Å². The average Bonchev–Trinajstić information content (AvgIpc) is 3.35. The summed E-state index contributed by atoms with van der Waals surface area (Å²) in [6.45, 7) is 0.694. The molecule has 0 spiro atoms. The highest BCUT2D eigenvalue weighted by atomic mass is 19.1. The predicted octanol–water partition coefficient (Wildman–Crippen LogP) is 4.29. The summed E-state index contributed by atoms with van der Waals surface area (Å²) in [4.78, 5) is 16.7. The summed E-state index contributed by atoms with van der Waals surface area (Å²) >= 11 is 0. The number of benzene rings is 2. The minimum atomic E-state index is -0.374. The highest BCUT2D eigenvalue weighted by Gasteiger charge is 2.23. The van der Waals surface area contributed by atoms with Gasteiger partial charge in [0.05, 0.1) is 17.3 Å². The largest absolute Gasteiger partial charge is 0.436 e. The normalized spacial score (nSPS) is 13.6. The van der Waals surface area contributed by atoms with Crippen molar-refractivity contribution >= 4 is 5.91 Å². The van der Waals surface area contributed by atoms with Gasteiger partial charge in [-0.25, -0.2) is 9.37 Å². The second kappa shape index (κ2) is 6.51. The minimum Gasteiger partial charge on any atom is -0.436 e. The fraction of sp³-hybridized carbons (Fsp3) is 0.200. The molecule has 126 valence electrons. The summed E-state index contributed by atoms with van der Waals surface area (Å²) in [7, 11) is 0. The predicted molar refractivity (Wildman–Crippen MR) is 92.4 cm³/mol. The van der Waals surface area contributed by atoms with Crippen molar-refractivity contribution in [2.75, 3.05) is 6.54 Å². The maximum atomic E-state index is 13.9. The summed E-state index contributed by atoms with van der Waals surface area (Å²) in [6.07, 6.45) is 3.83. The fourth-order valence-electron chi connectivity index (χ4n) is 2.71. The Hall–Kier alpha value is -2.95. The average molecular weight is 336 g/mol. The monoisotopic (exact) mass is 336 g/mol. The number of carbonyl (C=O) groups is 1. The number of amides is 1. The van der Waals surface area contributed by atoms with Crippen LogP contribution in [-0.4, -0.2) is 17.4 Å². The molecule has 1 aromatic heterocycles. The smallest absolute Gasteiger partial charge is 0.252 e. The molecule has 1 fully saturated rings. The van der Waals surface area contributed by atoms with Crippen LogP contribution in [0.25, 0.3) is 22.8 Å². The number of hydrogen-bond acceptors (Lipinski definition) is 3. The number of nitrogens with one attached hydrogen (secondary N) is 1. The second-order valence-corrected chi connectivity index (χ2v) is 6.21. The van der Waals surface area contributed by atoms with Crippen LogP contribution in [-0.2, 0) is 0 Å². The van der Waals surface area contributed by atoms with Gasteiger partial charge in [0.2, 0.25) is 5.89 Å². The van der Waals surface area contributed by atoms with E-state index in [1.54, 1.807) is 36.4 Å². The van der Waals surface area contributed by atoms with Gasteiger partial charge in [0.25, 0.3) is 5.91 Å². The van der Waals surface area contributed by atoms with Gasteiger partial charge in [-0.3, -0.25) is 4.79 Å². The van der Waals surface area contributed by atoms with E-state index in [0.717, 1.165) is 0 Å². The van der Waals surface area contributed by atoms with Gasteiger partial charge >= 0.3 is 0 Å². The molecule has 0 radical (unpaired) electrons. The van der Waals surface area contributed by atoms with Gasteiger partial charge in [0, 0.05) is 12.1 Å². The van der Waals surface area contributed by atoms with Gasteiger partial charge in [-0.05, 0) is 43.0 Å². The van der Waals surface area contributed by atoms with E-state index in [1.807, 2.05) is 6.07 Å². The van der Waals surface area contributed by atoms with Crippen LogP contribution < -0.4 is 5.32 Å². The molecule has 0 saturated heterocycles. The molecule has 4 nitrogen and oxygen atoms in total. The van der Waals surface area contributed by atoms with Crippen LogP contribution in [0, 0.1) is 11.7 Å². The summed E-state index contributed by atoms with van der Waals surface area (Å²) in [6, 6.07) is 13.5. The number of aromatic nitrogens is 1. The van der Waals surface area contributed by atoms with Crippen molar-refractivity contribution in [3.8, 4) is 22.8 Å². The van der Waals surface area contributed by atoms with E-state index in [1.165, 1.54) is 25.1 Å². The molecule has 0 aliphatic heterocycles. The number of halogens is 1. The van der Waals surface area contributed by atoms with Crippen LogP contribution >= 0.6 is 0 Å². The first kappa shape index (κ1) is 15.6. The molecule has 1 N–H and O–H groups in total. The van der Waals surface area contributed by atoms with Crippen LogP contribution in [0.15, 0.2) is 59.1 Å². The molecule has 1 heterocycles. The van der Waals surface area contributed by atoms with E-state index in [-0.39, 0.29) is 11.7 Å². The van der Waals surface area contributed by atoms with Crippen molar-refractivity contribution < 1.29 is 13.6 Å². The van der Waals surface area contributed by atoms with Crippen LogP contribution in [0.4, 0.5) is 4.39 Å². The molecule has 1 saturated carbocycles. The maximum Gasteiger partial charge on any atom is 0.252 e. The maximum absolute atomic E-state index is 13.9. The zero-order valence-electron chi connectivity index (χ0n) is 13.5. The summed E-state index contributed by atoms with van der Waals surface area (Å²) in [5.41, 5.74) is 1.44.